The standard InChI is InChI=1S/C16H23FN2O2/c1-12(20)19-8-7-13(10-19)9-18(2)11-16(21)14-5-3-4-6-15(14)17/h3-6,13,16,21H,7-11H2,1-2H3. The Labute approximate surface area is 125 Å². The summed E-state index contributed by atoms with van der Waals surface area (Å²) in [6.07, 6.45) is 0.154. The molecule has 1 amide bonds. The molecule has 1 fully saturated rings. The second-order valence-electron chi connectivity index (χ2n) is 5.88. The van der Waals surface area contributed by atoms with Crippen molar-refractivity contribution >= 4 is 5.91 Å². The molecular formula is C16H23FN2O2. The van der Waals surface area contributed by atoms with Crippen LogP contribution in [0.1, 0.15) is 25.0 Å². The average Bonchev–Trinajstić information content (AvgIpc) is 2.87. The summed E-state index contributed by atoms with van der Waals surface area (Å²) < 4.78 is 13.6. The first-order valence-electron chi connectivity index (χ1n) is 7.34. The van der Waals surface area contributed by atoms with Gasteiger partial charge in [-0.25, -0.2) is 4.39 Å². The van der Waals surface area contributed by atoms with Crippen LogP contribution in [0.3, 0.4) is 0 Å². The number of carbonyl (C=O) groups is 1. The molecule has 1 aliphatic heterocycles. The quantitative estimate of drug-likeness (QED) is 0.898. The Morgan fingerprint density at radius 1 is 1.52 bits per heavy atom. The summed E-state index contributed by atoms with van der Waals surface area (Å²) in [5.41, 5.74) is 0.334. The van der Waals surface area contributed by atoms with Crippen molar-refractivity contribution in [3.05, 3.63) is 35.6 Å². The van der Waals surface area contributed by atoms with Gasteiger partial charge < -0.3 is 14.9 Å². The molecule has 1 saturated heterocycles. The Morgan fingerprint density at radius 3 is 2.86 bits per heavy atom. The first-order valence-corrected chi connectivity index (χ1v) is 7.34. The Morgan fingerprint density at radius 2 is 2.24 bits per heavy atom. The lowest BCUT2D eigenvalue weighted by molar-refractivity contribution is -0.127. The van der Waals surface area contributed by atoms with E-state index in [0.29, 0.717) is 18.0 Å². The molecule has 1 aliphatic rings. The lowest BCUT2D eigenvalue weighted by Crippen LogP contribution is -2.32. The smallest absolute Gasteiger partial charge is 0.219 e. The summed E-state index contributed by atoms with van der Waals surface area (Å²) in [4.78, 5) is 15.2. The lowest BCUT2D eigenvalue weighted by atomic mass is 10.1. The van der Waals surface area contributed by atoms with Gasteiger partial charge in [-0.05, 0) is 25.5 Å². The van der Waals surface area contributed by atoms with Crippen LogP contribution >= 0.6 is 0 Å². The third-order valence-electron chi connectivity index (χ3n) is 4.05. The van der Waals surface area contributed by atoms with E-state index in [1.54, 1.807) is 25.1 Å². The minimum atomic E-state index is -0.832. The van der Waals surface area contributed by atoms with Crippen molar-refractivity contribution in [3.8, 4) is 0 Å². The van der Waals surface area contributed by atoms with Crippen molar-refractivity contribution in [2.24, 2.45) is 5.92 Å². The number of aliphatic hydroxyl groups is 1. The van der Waals surface area contributed by atoms with Gasteiger partial charge in [0.1, 0.15) is 5.82 Å². The summed E-state index contributed by atoms with van der Waals surface area (Å²) in [5, 5.41) is 10.1. The maximum atomic E-state index is 13.6. The zero-order valence-corrected chi connectivity index (χ0v) is 12.6. The van der Waals surface area contributed by atoms with Gasteiger partial charge in [-0.2, -0.15) is 0 Å². The number of nitrogens with zero attached hydrogens (tertiary/aromatic N) is 2. The van der Waals surface area contributed by atoms with Crippen LogP contribution in [-0.2, 0) is 4.79 Å². The molecular weight excluding hydrogens is 271 g/mol. The van der Waals surface area contributed by atoms with Gasteiger partial charge >= 0.3 is 0 Å². The SMILES string of the molecule is CC(=O)N1CCC(CN(C)CC(O)c2ccccc2F)C1. The highest BCUT2D eigenvalue weighted by Crippen LogP contribution is 2.20. The highest BCUT2D eigenvalue weighted by atomic mass is 19.1. The van der Waals surface area contributed by atoms with E-state index >= 15 is 0 Å². The van der Waals surface area contributed by atoms with Gasteiger partial charge in [0.05, 0.1) is 6.10 Å². The van der Waals surface area contributed by atoms with Crippen molar-refractivity contribution in [2.45, 2.75) is 19.4 Å². The predicted octanol–water partition coefficient (Wildman–Crippen LogP) is 1.66. The Bertz CT molecular complexity index is 495. The molecule has 2 atom stereocenters. The number of halogens is 1. The maximum Gasteiger partial charge on any atom is 0.219 e. The van der Waals surface area contributed by atoms with E-state index < -0.39 is 6.10 Å². The van der Waals surface area contributed by atoms with Crippen molar-refractivity contribution in [1.82, 2.24) is 9.80 Å². The van der Waals surface area contributed by atoms with Crippen LogP contribution in [0.2, 0.25) is 0 Å². The van der Waals surface area contributed by atoms with E-state index in [-0.39, 0.29) is 11.7 Å². The average molecular weight is 294 g/mol. The van der Waals surface area contributed by atoms with E-state index in [1.807, 2.05) is 16.8 Å². The number of benzene rings is 1. The zero-order chi connectivity index (χ0) is 15.4. The number of likely N-dealkylation sites (N-methyl/N-ethyl adjacent to an activating group) is 1. The zero-order valence-electron chi connectivity index (χ0n) is 12.6. The number of hydrogen-bond donors (Lipinski definition) is 1. The van der Waals surface area contributed by atoms with Crippen LogP contribution in [0, 0.1) is 11.7 Å². The van der Waals surface area contributed by atoms with Gasteiger partial charge in [0.15, 0.2) is 0 Å². The number of carbonyl (C=O) groups excluding carboxylic acids is 1. The number of rotatable bonds is 5. The second kappa shape index (κ2) is 7.00. The minimum absolute atomic E-state index is 0.117. The molecule has 2 rings (SSSR count). The number of hydrogen-bond acceptors (Lipinski definition) is 3. The summed E-state index contributed by atoms with van der Waals surface area (Å²) in [6, 6.07) is 6.31. The molecule has 0 radical (unpaired) electrons. The van der Waals surface area contributed by atoms with E-state index in [0.717, 1.165) is 26.1 Å². The van der Waals surface area contributed by atoms with E-state index in [9.17, 15) is 14.3 Å². The fourth-order valence-electron chi connectivity index (χ4n) is 2.92. The number of aliphatic hydroxyl groups excluding tert-OH is 1. The van der Waals surface area contributed by atoms with Crippen LogP contribution in [0.15, 0.2) is 24.3 Å². The fraction of sp³-hybridized carbons (Fsp3) is 0.562. The van der Waals surface area contributed by atoms with E-state index in [2.05, 4.69) is 0 Å². The predicted molar refractivity (Wildman–Crippen MR) is 79.2 cm³/mol. The van der Waals surface area contributed by atoms with Gasteiger partial charge in [-0.3, -0.25) is 4.79 Å². The normalized spacial score (nSPS) is 20.0. The summed E-state index contributed by atoms with van der Waals surface area (Å²) in [6.45, 7) is 4.36. The maximum absolute atomic E-state index is 13.6. The van der Waals surface area contributed by atoms with Crippen LogP contribution in [0.5, 0.6) is 0 Å². The molecule has 1 N–H and O–H groups in total. The van der Waals surface area contributed by atoms with Gasteiger partial charge in [0, 0.05) is 38.7 Å². The van der Waals surface area contributed by atoms with Crippen LogP contribution < -0.4 is 0 Å². The molecule has 116 valence electrons. The van der Waals surface area contributed by atoms with Gasteiger partial charge in [0.25, 0.3) is 0 Å². The topological polar surface area (TPSA) is 43.8 Å². The summed E-state index contributed by atoms with van der Waals surface area (Å²) >= 11 is 0. The van der Waals surface area contributed by atoms with Gasteiger partial charge in [-0.15, -0.1) is 0 Å². The lowest BCUT2D eigenvalue weighted by Gasteiger charge is -2.24. The molecule has 1 heterocycles. The molecule has 0 bridgehead atoms. The number of amides is 1. The van der Waals surface area contributed by atoms with Gasteiger partial charge in [-0.1, -0.05) is 18.2 Å². The molecule has 2 unspecified atom stereocenters. The van der Waals surface area contributed by atoms with Crippen LogP contribution in [0.25, 0.3) is 0 Å². The highest BCUT2D eigenvalue weighted by molar-refractivity contribution is 5.73. The molecule has 0 saturated carbocycles. The molecule has 5 heteroatoms. The number of likely N-dealkylation sites (tertiary alicyclic amines) is 1. The van der Waals surface area contributed by atoms with Crippen molar-refractivity contribution in [3.63, 3.8) is 0 Å². The molecule has 1 aromatic carbocycles. The third kappa shape index (κ3) is 4.25. The summed E-state index contributed by atoms with van der Waals surface area (Å²) in [5.74, 6) is 0.167. The fourth-order valence-corrected chi connectivity index (χ4v) is 2.92. The molecule has 0 aromatic heterocycles. The first-order chi connectivity index (χ1) is 9.97. The molecule has 21 heavy (non-hydrogen) atoms. The second-order valence-corrected chi connectivity index (χ2v) is 5.88. The van der Waals surface area contributed by atoms with Crippen molar-refractivity contribution < 1.29 is 14.3 Å². The molecule has 4 nitrogen and oxygen atoms in total. The highest BCUT2D eigenvalue weighted by Gasteiger charge is 2.25. The van der Waals surface area contributed by atoms with Crippen molar-refractivity contribution in [2.75, 3.05) is 33.2 Å². The van der Waals surface area contributed by atoms with E-state index in [4.69, 9.17) is 0 Å². The molecule has 0 spiro atoms. The Kier molecular flexibility index (Phi) is 5.31. The largest absolute Gasteiger partial charge is 0.387 e. The van der Waals surface area contributed by atoms with Crippen LogP contribution in [0.4, 0.5) is 4.39 Å². The molecule has 1 aromatic rings. The monoisotopic (exact) mass is 294 g/mol. The van der Waals surface area contributed by atoms with Crippen LogP contribution in [-0.4, -0.2) is 54.0 Å². The van der Waals surface area contributed by atoms with Gasteiger partial charge in [0.2, 0.25) is 5.91 Å². The molecule has 0 aliphatic carbocycles. The minimum Gasteiger partial charge on any atom is -0.387 e. The first kappa shape index (κ1) is 15.9. The Hall–Kier alpha value is -1.46. The van der Waals surface area contributed by atoms with E-state index in [1.165, 1.54) is 6.07 Å². The summed E-state index contributed by atoms with van der Waals surface area (Å²) in [7, 11) is 1.92. The third-order valence-corrected chi connectivity index (χ3v) is 4.05. The van der Waals surface area contributed by atoms with Crippen molar-refractivity contribution in [1.29, 1.82) is 0 Å². The Balaban J connectivity index is 1.84.